The van der Waals surface area contributed by atoms with E-state index in [1.54, 1.807) is 12.1 Å². The number of hydrogen-bond donors (Lipinski definition) is 0. The molecular formula is C8H6BrF2O. The molecule has 0 amide bonds. The molecule has 0 aliphatic rings. The Hall–Kier alpha value is -0.640. The Morgan fingerprint density at radius 3 is 2.67 bits per heavy atom. The molecule has 12 heavy (non-hydrogen) atoms. The van der Waals surface area contributed by atoms with Crippen LogP contribution in [-0.2, 0) is 0 Å². The van der Waals surface area contributed by atoms with Crippen LogP contribution in [0.25, 0.3) is 0 Å². The molecule has 0 spiro atoms. The van der Waals surface area contributed by atoms with E-state index in [9.17, 15) is 8.78 Å². The molecule has 4 heteroatoms. The summed E-state index contributed by atoms with van der Waals surface area (Å²) in [4.78, 5) is 0. The highest BCUT2D eigenvalue weighted by atomic mass is 79.9. The van der Waals surface area contributed by atoms with E-state index < -0.39 is 6.61 Å². The molecular weight excluding hydrogens is 230 g/mol. The van der Waals surface area contributed by atoms with Crippen molar-refractivity contribution in [3.8, 4) is 5.75 Å². The van der Waals surface area contributed by atoms with E-state index in [4.69, 9.17) is 0 Å². The Morgan fingerprint density at radius 1 is 1.42 bits per heavy atom. The first-order valence-corrected chi connectivity index (χ1v) is 3.96. The van der Waals surface area contributed by atoms with Crippen LogP contribution in [0.1, 0.15) is 5.56 Å². The summed E-state index contributed by atoms with van der Waals surface area (Å²) in [6, 6.07) is 4.75. The van der Waals surface area contributed by atoms with Gasteiger partial charge in [-0.2, -0.15) is 8.78 Å². The second-order valence-corrected chi connectivity index (χ2v) is 2.90. The van der Waals surface area contributed by atoms with E-state index >= 15 is 0 Å². The highest BCUT2D eigenvalue weighted by Crippen LogP contribution is 2.28. The van der Waals surface area contributed by atoms with Crippen LogP contribution in [0.15, 0.2) is 22.7 Å². The quantitative estimate of drug-likeness (QED) is 0.765. The molecule has 0 saturated heterocycles. The molecule has 0 atom stereocenters. The van der Waals surface area contributed by atoms with E-state index in [-0.39, 0.29) is 5.75 Å². The Morgan fingerprint density at radius 2 is 2.08 bits per heavy atom. The van der Waals surface area contributed by atoms with Gasteiger partial charge in [0, 0.05) is 0 Å². The van der Waals surface area contributed by atoms with Gasteiger partial charge in [-0.15, -0.1) is 0 Å². The van der Waals surface area contributed by atoms with Crippen LogP contribution in [0.5, 0.6) is 5.75 Å². The van der Waals surface area contributed by atoms with Crippen molar-refractivity contribution in [1.82, 2.24) is 0 Å². The normalized spacial score (nSPS) is 10.4. The fourth-order valence-corrected chi connectivity index (χ4v) is 1.10. The minimum atomic E-state index is -2.80. The predicted octanol–water partition coefficient (Wildman–Crippen LogP) is 3.23. The topological polar surface area (TPSA) is 9.23 Å². The third kappa shape index (κ3) is 2.17. The molecule has 0 saturated carbocycles. The summed E-state index contributed by atoms with van der Waals surface area (Å²) in [6.45, 7) is 0.814. The molecule has 0 aliphatic heterocycles. The van der Waals surface area contributed by atoms with Crippen LogP contribution in [-0.4, -0.2) is 6.61 Å². The van der Waals surface area contributed by atoms with Gasteiger partial charge < -0.3 is 4.74 Å². The third-order valence-electron chi connectivity index (χ3n) is 1.26. The van der Waals surface area contributed by atoms with E-state index in [0.29, 0.717) is 10.0 Å². The maximum absolute atomic E-state index is 11.8. The molecule has 0 heterocycles. The predicted molar refractivity (Wildman–Crippen MR) is 45.2 cm³/mol. The summed E-state index contributed by atoms with van der Waals surface area (Å²) < 4.78 is 28.2. The average molecular weight is 236 g/mol. The fraction of sp³-hybridized carbons (Fsp3) is 0.125. The van der Waals surface area contributed by atoms with Gasteiger partial charge in [0.15, 0.2) is 0 Å². The van der Waals surface area contributed by atoms with Gasteiger partial charge in [0.2, 0.25) is 0 Å². The molecule has 0 N–H and O–H groups in total. The molecule has 1 rings (SSSR count). The molecule has 0 aliphatic carbocycles. The van der Waals surface area contributed by atoms with E-state index in [1.807, 2.05) is 0 Å². The molecule has 1 aromatic carbocycles. The first-order chi connectivity index (χ1) is 5.61. The van der Waals surface area contributed by atoms with Gasteiger partial charge in [-0.05, 0) is 34.5 Å². The molecule has 0 unspecified atom stereocenters. The lowest BCUT2D eigenvalue weighted by Crippen LogP contribution is -2.02. The molecule has 1 aromatic rings. The van der Waals surface area contributed by atoms with Crippen molar-refractivity contribution < 1.29 is 13.5 Å². The molecule has 65 valence electrons. The van der Waals surface area contributed by atoms with E-state index in [2.05, 4.69) is 27.6 Å². The highest BCUT2D eigenvalue weighted by molar-refractivity contribution is 9.10. The largest absolute Gasteiger partial charge is 0.434 e. The molecule has 0 fully saturated rings. The molecule has 1 nitrogen and oxygen atoms in total. The van der Waals surface area contributed by atoms with Crippen molar-refractivity contribution in [3.63, 3.8) is 0 Å². The maximum Gasteiger partial charge on any atom is 0.387 e. The minimum Gasteiger partial charge on any atom is -0.434 e. The van der Waals surface area contributed by atoms with Crippen molar-refractivity contribution >= 4 is 15.9 Å². The zero-order valence-corrected chi connectivity index (χ0v) is 7.64. The van der Waals surface area contributed by atoms with Crippen LogP contribution >= 0.6 is 15.9 Å². The van der Waals surface area contributed by atoms with Crippen molar-refractivity contribution in [2.24, 2.45) is 0 Å². The number of benzene rings is 1. The van der Waals surface area contributed by atoms with E-state index in [1.165, 1.54) is 6.07 Å². The maximum atomic E-state index is 11.8. The van der Waals surface area contributed by atoms with Gasteiger partial charge in [-0.1, -0.05) is 12.1 Å². The van der Waals surface area contributed by atoms with Crippen LogP contribution in [0.4, 0.5) is 8.78 Å². The van der Waals surface area contributed by atoms with Gasteiger partial charge in [0.25, 0.3) is 0 Å². The number of hydrogen-bond acceptors (Lipinski definition) is 1. The average Bonchev–Trinajstić information content (AvgIpc) is 1.98. The van der Waals surface area contributed by atoms with Crippen molar-refractivity contribution in [2.75, 3.05) is 0 Å². The summed E-state index contributed by atoms with van der Waals surface area (Å²) in [5, 5.41) is 0. The van der Waals surface area contributed by atoms with Crippen LogP contribution < -0.4 is 4.74 Å². The third-order valence-corrected chi connectivity index (χ3v) is 2.16. The number of halogens is 3. The minimum absolute atomic E-state index is 0.109. The van der Waals surface area contributed by atoms with Gasteiger partial charge in [-0.3, -0.25) is 0 Å². The highest BCUT2D eigenvalue weighted by Gasteiger charge is 2.08. The monoisotopic (exact) mass is 235 g/mol. The van der Waals surface area contributed by atoms with Gasteiger partial charge >= 0.3 is 6.61 Å². The fourth-order valence-electron chi connectivity index (χ4n) is 0.743. The smallest absolute Gasteiger partial charge is 0.387 e. The second kappa shape index (κ2) is 3.85. The zero-order valence-electron chi connectivity index (χ0n) is 6.06. The number of alkyl halides is 2. The van der Waals surface area contributed by atoms with E-state index in [0.717, 1.165) is 0 Å². The Balaban J connectivity index is 2.92. The van der Waals surface area contributed by atoms with Crippen molar-refractivity contribution in [2.45, 2.75) is 6.61 Å². The SMILES string of the molecule is [CH2]c1cccc(OC(F)F)c1Br. The first kappa shape index (κ1) is 9.45. The Bertz CT molecular complexity index is 276. The van der Waals surface area contributed by atoms with Crippen LogP contribution in [0, 0.1) is 6.92 Å². The lowest BCUT2D eigenvalue weighted by molar-refractivity contribution is -0.0503. The number of ether oxygens (including phenoxy) is 1. The zero-order chi connectivity index (χ0) is 9.14. The van der Waals surface area contributed by atoms with Crippen LogP contribution in [0.2, 0.25) is 0 Å². The number of rotatable bonds is 2. The lowest BCUT2D eigenvalue weighted by atomic mass is 10.2. The van der Waals surface area contributed by atoms with Gasteiger partial charge in [0.1, 0.15) is 5.75 Å². The van der Waals surface area contributed by atoms with Crippen LogP contribution in [0.3, 0.4) is 0 Å². The summed E-state index contributed by atoms with van der Waals surface area (Å²) in [5.41, 5.74) is 0.619. The standard InChI is InChI=1S/C8H6BrF2O/c1-5-3-2-4-6(7(5)9)12-8(10)11/h2-4,8H,1H2. The van der Waals surface area contributed by atoms with Crippen molar-refractivity contribution in [1.29, 1.82) is 0 Å². The summed E-state index contributed by atoms with van der Waals surface area (Å²) >= 11 is 3.09. The summed E-state index contributed by atoms with van der Waals surface area (Å²) in [5.74, 6) is 0.109. The summed E-state index contributed by atoms with van der Waals surface area (Å²) in [6.07, 6.45) is 0. The Kier molecular flexibility index (Phi) is 3.03. The first-order valence-electron chi connectivity index (χ1n) is 3.16. The molecule has 1 radical (unpaired) electrons. The molecule has 0 aromatic heterocycles. The van der Waals surface area contributed by atoms with Gasteiger partial charge in [0.05, 0.1) is 4.47 Å². The lowest BCUT2D eigenvalue weighted by Gasteiger charge is -2.07. The second-order valence-electron chi connectivity index (χ2n) is 2.11. The van der Waals surface area contributed by atoms with Gasteiger partial charge in [-0.25, -0.2) is 0 Å². The summed E-state index contributed by atoms with van der Waals surface area (Å²) in [7, 11) is 0. The molecule has 0 bridgehead atoms. The Labute approximate surface area is 77.5 Å². The van der Waals surface area contributed by atoms with Crippen molar-refractivity contribution in [3.05, 3.63) is 35.2 Å².